The fraction of sp³-hybridized carbons (Fsp3) is 0.385. The van der Waals surface area contributed by atoms with E-state index in [2.05, 4.69) is 37.2 Å². The van der Waals surface area contributed by atoms with Crippen molar-refractivity contribution < 1.29 is 0 Å². The second kappa shape index (κ2) is 5.27. The van der Waals surface area contributed by atoms with Gasteiger partial charge < -0.3 is 5.32 Å². The summed E-state index contributed by atoms with van der Waals surface area (Å²) in [7, 11) is 2.13. The first-order valence-corrected chi connectivity index (χ1v) is 6.39. The van der Waals surface area contributed by atoms with Gasteiger partial charge in [-0.2, -0.15) is 0 Å². The number of aromatic nitrogens is 4. The lowest BCUT2D eigenvalue weighted by Gasteiger charge is -2.18. The van der Waals surface area contributed by atoms with Crippen LogP contribution in [0, 0.1) is 0 Å². The summed E-state index contributed by atoms with van der Waals surface area (Å²) in [6, 6.07) is 2.37. The molecule has 19 heavy (non-hydrogen) atoms. The minimum Gasteiger partial charge on any atom is -0.307 e. The number of nitrogens with one attached hydrogen (secondary N) is 1. The van der Waals surface area contributed by atoms with E-state index >= 15 is 0 Å². The Hall–Kier alpha value is -2.08. The van der Waals surface area contributed by atoms with Gasteiger partial charge in [0.1, 0.15) is 0 Å². The maximum atomic E-state index is 4.57. The first kappa shape index (κ1) is 12.0. The maximum Gasteiger partial charge on any atom is 0.228 e. The normalized spacial score (nSPS) is 19.5. The Kier molecular flexibility index (Phi) is 3.33. The lowest BCUT2D eigenvalue weighted by Crippen LogP contribution is -2.18. The standard InChI is InChI=1S/C13H16N6/c1-19-8-2-3-11(19)10-4-5-16-13(17-10)18-12-9-14-6-7-15-12/h4-7,9,11H,2-3,8H2,1H3,(H,15,16,17,18). The predicted octanol–water partition coefficient (Wildman–Crippen LogP) is 1.78. The van der Waals surface area contributed by atoms with Crippen LogP contribution in [0.25, 0.3) is 0 Å². The quantitative estimate of drug-likeness (QED) is 0.903. The minimum atomic E-state index is 0.394. The van der Waals surface area contributed by atoms with Gasteiger partial charge >= 0.3 is 0 Å². The molecule has 0 amide bonds. The van der Waals surface area contributed by atoms with E-state index in [1.165, 1.54) is 6.42 Å². The van der Waals surface area contributed by atoms with Crippen LogP contribution in [-0.4, -0.2) is 38.4 Å². The van der Waals surface area contributed by atoms with E-state index in [1.54, 1.807) is 24.8 Å². The molecule has 0 spiro atoms. The van der Waals surface area contributed by atoms with Crippen molar-refractivity contribution in [3.8, 4) is 0 Å². The fourth-order valence-electron chi connectivity index (χ4n) is 2.38. The highest BCUT2D eigenvalue weighted by Gasteiger charge is 2.23. The van der Waals surface area contributed by atoms with E-state index in [4.69, 9.17) is 0 Å². The van der Waals surface area contributed by atoms with Crippen LogP contribution in [0.4, 0.5) is 11.8 Å². The van der Waals surface area contributed by atoms with Gasteiger partial charge in [0.25, 0.3) is 0 Å². The summed E-state index contributed by atoms with van der Waals surface area (Å²) < 4.78 is 0. The van der Waals surface area contributed by atoms with Crippen molar-refractivity contribution in [2.24, 2.45) is 0 Å². The summed E-state index contributed by atoms with van der Waals surface area (Å²) in [6.45, 7) is 1.13. The molecule has 1 fully saturated rings. The number of rotatable bonds is 3. The molecule has 1 aliphatic rings. The summed E-state index contributed by atoms with van der Waals surface area (Å²) in [5.74, 6) is 1.22. The van der Waals surface area contributed by atoms with Crippen molar-refractivity contribution in [1.82, 2.24) is 24.8 Å². The highest BCUT2D eigenvalue weighted by Crippen LogP contribution is 2.29. The monoisotopic (exact) mass is 256 g/mol. The van der Waals surface area contributed by atoms with Gasteiger partial charge in [0.15, 0.2) is 5.82 Å². The molecule has 1 N–H and O–H groups in total. The molecule has 1 aliphatic heterocycles. The SMILES string of the molecule is CN1CCCC1c1ccnc(Nc2cnccn2)n1. The summed E-state index contributed by atoms with van der Waals surface area (Å²) in [4.78, 5) is 19.3. The van der Waals surface area contributed by atoms with Crippen LogP contribution in [0.1, 0.15) is 24.6 Å². The van der Waals surface area contributed by atoms with Crippen LogP contribution in [-0.2, 0) is 0 Å². The molecule has 0 bridgehead atoms. The molecule has 1 atom stereocenters. The zero-order valence-corrected chi connectivity index (χ0v) is 10.8. The molecule has 3 rings (SSSR count). The molecule has 0 aromatic carbocycles. The topological polar surface area (TPSA) is 66.8 Å². The Balaban J connectivity index is 1.80. The van der Waals surface area contributed by atoms with Gasteiger partial charge in [-0.3, -0.25) is 9.88 Å². The molecular formula is C13H16N6. The van der Waals surface area contributed by atoms with E-state index in [-0.39, 0.29) is 0 Å². The molecule has 1 unspecified atom stereocenters. The lowest BCUT2D eigenvalue weighted by molar-refractivity contribution is 0.312. The third-order valence-electron chi connectivity index (χ3n) is 3.34. The average molecular weight is 256 g/mol. The van der Waals surface area contributed by atoms with Crippen molar-refractivity contribution in [2.75, 3.05) is 18.9 Å². The molecule has 2 aromatic heterocycles. The first-order chi connectivity index (χ1) is 9.33. The number of hydrogen-bond acceptors (Lipinski definition) is 6. The largest absolute Gasteiger partial charge is 0.307 e. The molecule has 6 nitrogen and oxygen atoms in total. The van der Waals surface area contributed by atoms with E-state index in [9.17, 15) is 0 Å². The van der Waals surface area contributed by atoms with Crippen molar-refractivity contribution in [3.05, 3.63) is 36.5 Å². The van der Waals surface area contributed by atoms with Crippen LogP contribution < -0.4 is 5.32 Å². The Morgan fingerprint density at radius 3 is 2.95 bits per heavy atom. The second-order valence-electron chi connectivity index (χ2n) is 4.66. The molecular weight excluding hydrogens is 240 g/mol. The maximum absolute atomic E-state index is 4.57. The van der Waals surface area contributed by atoms with Gasteiger partial charge in [0, 0.05) is 18.6 Å². The molecule has 0 saturated carbocycles. The Bertz CT molecular complexity index is 544. The predicted molar refractivity (Wildman–Crippen MR) is 72.0 cm³/mol. The second-order valence-corrected chi connectivity index (χ2v) is 4.66. The zero-order chi connectivity index (χ0) is 13.1. The highest BCUT2D eigenvalue weighted by atomic mass is 15.2. The summed E-state index contributed by atoms with van der Waals surface area (Å²) in [5.41, 5.74) is 1.06. The third kappa shape index (κ3) is 2.68. The van der Waals surface area contributed by atoms with Gasteiger partial charge in [-0.1, -0.05) is 0 Å². The zero-order valence-electron chi connectivity index (χ0n) is 10.8. The summed E-state index contributed by atoms with van der Waals surface area (Å²) in [6.07, 6.45) is 9.08. The molecule has 0 aliphatic carbocycles. The van der Waals surface area contributed by atoms with Crippen LogP contribution in [0.3, 0.4) is 0 Å². The Morgan fingerprint density at radius 2 is 2.21 bits per heavy atom. The van der Waals surface area contributed by atoms with Gasteiger partial charge in [-0.05, 0) is 32.5 Å². The van der Waals surface area contributed by atoms with Crippen molar-refractivity contribution in [2.45, 2.75) is 18.9 Å². The van der Waals surface area contributed by atoms with E-state index < -0.39 is 0 Å². The van der Waals surface area contributed by atoms with Gasteiger partial charge in [0.05, 0.1) is 17.9 Å². The summed E-state index contributed by atoms with van der Waals surface area (Å²) >= 11 is 0. The number of nitrogens with zero attached hydrogens (tertiary/aromatic N) is 5. The minimum absolute atomic E-state index is 0.394. The lowest BCUT2D eigenvalue weighted by atomic mass is 10.1. The summed E-state index contributed by atoms with van der Waals surface area (Å²) in [5, 5.41) is 3.07. The van der Waals surface area contributed by atoms with E-state index in [1.807, 2.05) is 6.07 Å². The first-order valence-electron chi connectivity index (χ1n) is 6.39. The number of hydrogen-bond donors (Lipinski definition) is 1. The van der Waals surface area contributed by atoms with Gasteiger partial charge in [-0.25, -0.2) is 15.0 Å². The van der Waals surface area contributed by atoms with Crippen LogP contribution >= 0.6 is 0 Å². The van der Waals surface area contributed by atoms with Crippen LogP contribution in [0.2, 0.25) is 0 Å². The van der Waals surface area contributed by atoms with Gasteiger partial charge in [-0.15, -0.1) is 0 Å². The molecule has 3 heterocycles. The number of likely N-dealkylation sites (tertiary alicyclic amines) is 1. The van der Waals surface area contributed by atoms with Gasteiger partial charge in [0.2, 0.25) is 5.95 Å². The molecule has 2 aromatic rings. The molecule has 0 radical (unpaired) electrons. The van der Waals surface area contributed by atoms with Crippen LogP contribution in [0.5, 0.6) is 0 Å². The average Bonchev–Trinajstić information content (AvgIpc) is 2.86. The van der Waals surface area contributed by atoms with Crippen molar-refractivity contribution in [3.63, 3.8) is 0 Å². The van der Waals surface area contributed by atoms with E-state index in [0.29, 0.717) is 17.8 Å². The Labute approximate surface area is 111 Å². The third-order valence-corrected chi connectivity index (χ3v) is 3.34. The van der Waals surface area contributed by atoms with Crippen molar-refractivity contribution in [1.29, 1.82) is 0 Å². The molecule has 1 saturated heterocycles. The Morgan fingerprint density at radius 1 is 1.26 bits per heavy atom. The van der Waals surface area contributed by atoms with Crippen LogP contribution in [0.15, 0.2) is 30.9 Å². The van der Waals surface area contributed by atoms with Crippen molar-refractivity contribution >= 4 is 11.8 Å². The van der Waals surface area contributed by atoms with E-state index in [0.717, 1.165) is 18.7 Å². The molecule has 6 heteroatoms. The fourth-order valence-corrected chi connectivity index (χ4v) is 2.38. The molecule has 98 valence electrons. The smallest absolute Gasteiger partial charge is 0.228 e. The number of anilines is 2. The highest BCUT2D eigenvalue weighted by molar-refractivity contribution is 5.45.